The van der Waals surface area contributed by atoms with E-state index in [2.05, 4.69) is 25.4 Å². The van der Waals surface area contributed by atoms with Crippen LogP contribution in [0, 0.1) is 5.82 Å². The summed E-state index contributed by atoms with van der Waals surface area (Å²) in [5, 5.41) is 11.7. The molecule has 8 heteroatoms. The van der Waals surface area contributed by atoms with E-state index in [0.717, 1.165) is 11.5 Å². The van der Waals surface area contributed by atoms with Crippen LogP contribution in [0.25, 0.3) is 0 Å². The number of aromatic nitrogens is 3. The van der Waals surface area contributed by atoms with Gasteiger partial charge in [-0.25, -0.2) is 4.39 Å². The van der Waals surface area contributed by atoms with E-state index in [0.29, 0.717) is 37.6 Å². The Morgan fingerprint density at radius 2 is 1.72 bits per heavy atom. The van der Waals surface area contributed by atoms with Crippen molar-refractivity contribution in [1.29, 1.82) is 0 Å². The van der Waals surface area contributed by atoms with Crippen molar-refractivity contribution in [3.8, 4) is 0 Å². The van der Waals surface area contributed by atoms with E-state index >= 15 is 0 Å². The van der Waals surface area contributed by atoms with Crippen LogP contribution >= 0.6 is 0 Å². The van der Waals surface area contributed by atoms with Crippen LogP contribution in [0.3, 0.4) is 0 Å². The number of piperazine rings is 1. The summed E-state index contributed by atoms with van der Waals surface area (Å²) >= 11 is 0. The Labute approximate surface area is 168 Å². The molecule has 1 aliphatic heterocycles. The fourth-order valence-electron chi connectivity index (χ4n) is 3.25. The highest BCUT2D eigenvalue weighted by Crippen LogP contribution is 2.18. The number of nitrogens with one attached hydrogen (secondary N) is 1. The number of anilines is 3. The predicted octanol–water partition coefficient (Wildman–Crippen LogP) is 2.65. The minimum atomic E-state index is -0.338. The molecule has 0 spiro atoms. The summed E-state index contributed by atoms with van der Waals surface area (Å²) in [7, 11) is 0. The summed E-state index contributed by atoms with van der Waals surface area (Å²) in [6, 6.07) is 13.9. The van der Waals surface area contributed by atoms with Crippen molar-refractivity contribution in [3.05, 3.63) is 72.3 Å². The Balaban J connectivity index is 1.31. The molecule has 4 rings (SSSR count). The van der Waals surface area contributed by atoms with Gasteiger partial charge in [0.1, 0.15) is 5.82 Å². The van der Waals surface area contributed by atoms with Gasteiger partial charge in [0.2, 0.25) is 5.91 Å². The molecule has 0 radical (unpaired) electrons. The molecule has 0 bridgehead atoms. The Kier molecular flexibility index (Phi) is 5.60. The van der Waals surface area contributed by atoms with Gasteiger partial charge in [-0.1, -0.05) is 18.2 Å². The average molecular weight is 392 g/mol. The third-order valence-electron chi connectivity index (χ3n) is 4.86. The van der Waals surface area contributed by atoms with Gasteiger partial charge < -0.3 is 15.1 Å². The number of rotatable bonds is 5. The number of amides is 1. The van der Waals surface area contributed by atoms with E-state index in [1.54, 1.807) is 35.5 Å². The Hall–Kier alpha value is -3.55. The predicted molar refractivity (Wildman–Crippen MR) is 108 cm³/mol. The summed E-state index contributed by atoms with van der Waals surface area (Å²) in [4.78, 5) is 20.3. The topological polar surface area (TPSA) is 74.2 Å². The maximum absolute atomic E-state index is 13.8. The van der Waals surface area contributed by atoms with Gasteiger partial charge in [0.25, 0.3) is 0 Å². The first-order valence-electron chi connectivity index (χ1n) is 9.46. The molecule has 1 fully saturated rings. The molecule has 0 atom stereocenters. The molecule has 0 unspecified atom stereocenters. The van der Waals surface area contributed by atoms with Gasteiger partial charge >= 0.3 is 0 Å². The first kappa shape index (κ1) is 18.8. The SMILES string of the molecule is O=C(Cc1ccccc1F)N1CCN(c2ccc(Nc3ccncc3)nn2)CC1. The molecule has 3 aromatic rings. The quantitative estimate of drug-likeness (QED) is 0.720. The number of hydrogen-bond donors (Lipinski definition) is 1. The van der Waals surface area contributed by atoms with Crippen LogP contribution in [0.5, 0.6) is 0 Å². The van der Waals surface area contributed by atoms with Crippen molar-refractivity contribution in [3.63, 3.8) is 0 Å². The van der Waals surface area contributed by atoms with Gasteiger partial charge in [0, 0.05) is 44.3 Å². The van der Waals surface area contributed by atoms with Crippen molar-refractivity contribution >= 4 is 23.2 Å². The molecule has 1 saturated heterocycles. The first-order valence-corrected chi connectivity index (χ1v) is 9.46. The Bertz CT molecular complexity index is 958. The minimum absolute atomic E-state index is 0.0577. The number of pyridine rings is 1. The highest BCUT2D eigenvalue weighted by atomic mass is 19.1. The zero-order valence-corrected chi connectivity index (χ0v) is 15.8. The smallest absolute Gasteiger partial charge is 0.227 e. The van der Waals surface area contributed by atoms with E-state index in [9.17, 15) is 9.18 Å². The number of hydrogen-bond acceptors (Lipinski definition) is 6. The fourth-order valence-corrected chi connectivity index (χ4v) is 3.25. The first-order chi connectivity index (χ1) is 14.2. The largest absolute Gasteiger partial charge is 0.352 e. The Morgan fingerprint density at radius 3 is 2.41 bits per heavy atom. The molecule has 2 aromatic heterocycles. The van der Waals surface area contributed by atoms with Crippen LogP contribution in [0.4, 0.5) is 21.7 Å². The van der Waals surface area contributed by atoms with Crippen LogP contribution in [0.1, 0.15) is 5.56 Å². The van der Waals surface area contributed by atoms with Crippen LogP contribution in [-0.2, 0) is 11.2 Å². The number of carbonyl (C=O) groups excluding carboxylic acids is 1. The molecular weight excluding hydrogens is 371 g/mol. The molecule has 0 aliphatic carbocycles. The molecule has 29 heavy (non-hydrogen) atoms. The molecule has 1 aliphatic rings. The molecule has 0 saturated carbocycles. The zero-order valence-electron chi connectivity index (χ0n) is 15.8. The van der Waals surface area contributed by atoms with Gasteiger partial charge in [-0.2, -0.15) is 0 Å². The van der Waals surface area contributed by atoms with E-state index in [-0.39, 0.29) is 18.1 Å². The lowest BCUT2D eigenvalue weighted by atomic mass is 10.1. The van der Waals surface area contributed by atoms with Gasteiger partial charge in [0.05, 0.1) is 6.42 Å². The van der Waals surface area contributed by atoms with E-state index < -0.39 is 0 Å². The van der Waals surface area contributed by atoms with Gasteiger partial charge in [-0.3, -0.25) is 9.78 Å². The molecule has 1 amide bonds. The van der Waals surface area contributed by atoms with Crippen LogP contribution in [0.2, 0.25) is 0 Å². The lowest BCUT2D eigenvalue weighted by Gasteiger charge is -2.35. The van der Waals surface area contributed by atoms with Crippen molar-refractivity contribution in [1.82, 2.24) is 20.1 Å². The van der Waals surface area contributed by atoms with Crippen molar-refractivity contribution in [2.24, 2.45) is 0 Å². The molecule has 7 nitrogen and oxygen atoms in total. The lowest BCUT2D eigenvalue weighted by molar-refractivity contribution is -0.130. The molecule has 148 valence electrons. The zero-order chi connectivity index (χ0) is 20.1. The van der Waals surface area contributed by atoms with Crippen molar-refractivity contribution in [2.75, 3.05) is 36.4 Å². The van der Waals surface area contributed by atoms with Gasteiger partial charge in [0.15, 0.2) is 11.6 Å². The monoisotopic (exact) mass is 392 g/mol. The highest BCUT2D eigenvalue weighted by Gasteiger charge is 2.22. The van der Waals surface area contributed by atoms with E-state index in [1.165, 1.54) is 6.07 Å². The third-order valence-corrected chi connectivity index (χ3v) is 4.86. The molecule has 1 N–H and O–H groups in total. The summed E-state index contributed by atoms with van der Waals surface area (Å²) in [5.41, 5.74) is 1.33. The number of nitrogens with zero attached hydrogens (tertiary/aromatic N) is 5. The normalized spacial score (nSPS) is 14.0. The lowest BCUT2D eigenvalue weighted by Crippen LogP contribution is -2.49. The summed E-state index contributed by atoms with van der Waals surface area (Å²) in [6.45, 7) is 2.47. The maximum atomic E-state index is 13.8. The fraction of sp³-hybridized carbons (Fsp3) is 0.238. The number of halogens is 1. The maximum Gasteiger partial charge on any atom is 0.227 e. The second-order valence-corrected chi connectivity index (χ2v) is 6.77. The summed E-state index contributed by atoms with van der Waals surface area (Å²) in [5.74, 6) is 1.03. The Morgan fingerprint density at radius 1 is 0.966 bits per heavy atom. The van der Waals surface area contributed by atoms with E-state index in [1.807, 2.05) is 24.3 Å². The van der Waals surface area contributed by atoms with Gasteiger partial charge in [-0.05, 0) is 35.9 Å². The van der Waals surface area contributed by atoms with Crippen LogP contribution in [-0.4, -0.2) is 52.2 Å². The van der Waals surface area contributed by atoms with Crippen molar-refractivity contribution < 1.29 is 9.18 Å². The third kappa shape index (κ3) is 4.66. The molecule has 1 aromatic carbocycles. The number of carbonyl (C=O) groups is 1. The van der Waals surface area contributed by atoms with Crippen molar-refractivity contribution in [2.45, 2.75) is 6.42 Å². The van der Waals surface area contributed by atoms with E-state index in [4.69, 9.17) is 0 Å². The summed E-state index contributed by atoms with van der Waals surface area (Å²) in [6.07, 6.45) is 3.50. The molecule has 3 heterocycles. The van der Waals surface area contributed by atoms with Crippen LogP contribution in [0.15, 0.2) is 60.9 Å². The standard InChI is InChI=1S/C21H21FN6O/c22-18-4-2-1-3-16(18)15-21(29)28-13-11-27(12-14-28)20-6-5-19(25-26-20)24-17-7-9-23-10-8-17/h1-10H,11-15H2,(H,23,24,25). The second-order valence-electron chi connectivity index (χ2n) is 6.77. The molecular formula is C21H21FN6O. The average Bonchev–Trinajstić information content (AvgIpc) is 2.77. The number of benzene rings is 1. The second kappa shape index (κ2) is 8.64. The van der Waals surface area contributed by atoms with Crippen LogP contribution < -0.4 is 10.2 Å². The minimum Gasteiger partial charge on any atom is -0.352 e. The highest BCUT2D eigenvalue weighted by molar-refractivity contribution is 5.79. The van der Waals surface area contributed by atoms with Gasteiger partial charge in [-0.15, -0.1) is 10.2 Å². The summed E-state index contributed by atoms with van der Waals surface area (Å²) < 4.78 is 13.8.